The quantitative estimate of drug-likeness (QED) is 0.350. The SMILES string of the molecule is CC(=O)N([SiH3])Br. The van der Waals surface area contributed by atoms with Crippen LogP contribution in [0.2, 0.25) is 0 Å². The van der Waals surface area contributed by atoms with E-state index in [1.165, 1.54) is 10.5 Å². The number of rotatable bonds is 0. The zero-order valence-corrected chi connectivity index (χ0v) is 7.32. The van der Waals surface area contributed by atoms with Crippen LogP contribution in [0.1, 0.15) is 6.92 Å². The summed E-state index contributed by atoms with van der Waals surface area (Å²) in [6.45, 7) is 1.52. The Morgan fingerprint density at radius 1 is 2.00 bits per heavy atom. The fraction of sp³-hybridized carbons (Fsp3) is 0.500. The molecule has 2 nitrogen and oxygen atoms in total. The number of amides is 1. The van der Waals surface area contributed by atoms with E-state index < -0.39 is 0 Å². The molecule has 1 amide bonds. The molecule has 6 heavy (non-hydrogen) atoms. The Balaban J connectivity index is 3.26. The lowest BCUT2D eigenvalue weighted by atomic mass is 10.8. The molecule has 0 aliphatic carbocycles. The van der Waals surface area contributed by atoms with E-state index in [0.717, 1.165) is 10.4 Å². The summed E-state index contributed by atoms with van der Waals surface area (Å²) in [5.74, 6) is 0.0710. The van der Waals surface area contributed by atoms with Gasteiger partial charge in [-0.1, -0.05) is 0 Å². The minimum Gasteiger partial charge on any atom is -0.318 e. The third kappa shape index (κ3) is 2.41. The Morgan fingerprint density at radius 3 is 2.17 bits per heavy atom. The number of halogens is 1. The second kappa shape index (κ2) is 2.36. The summed E-state index contributed by atoms with van der Waals surface area (Å²) in [4.78, 5) is 10.1. The topological polar surface area (TPSA) is 20.3 Å². The predicted molar refractivity (Wildman–Crippen MR) is 31.4 cm³/mol. The summed E-state index contributed by atoms with van der Waals surface area (Å²) >= 11 is 2.98. The maximum atomic E-state index is 10.1. The van der Waals surface area contributed by atoms with Gasteiger partial charge in [0.15, 0.2) is 0 Å². The fourth-order valence-electron chi connectivity index (χ4n) is 0. The summed E-state index contributed by atoms with van der Waals surface area (Å²) < 4.78 is 1.48. The molecule has 0 aliphatic heterocycles. The van der Waals surface area contributed by atoms with Gasteiger partial charge in [-0.2, -0.15) is 0 Å². The van der Waals surface area contributed by atoms with Crippen molar-refractivity contribution in [1.29, 1.82) is 0 Å². The van der Waals surface area contributed by atoms with Crippen LogP contribution in [-0.2, 0) is 4.79 Å². The molecule has 0 aliphatic rings. The summed E-state index contributed by atoms with van der Waals surface area (Å²) in [6, 6.07) is 0. The van der Waals surface area contributed by atoms with Gasteiger partial charge in [0.25, 0.3) is 0 Å². The lowest BCUT2D eigenvalue weighted by Crippen LogP contribution is -2.11. The predicted octanol–water partition coefficient (Wildman–Crippen LogP) is -0.575. The smallest absolute Gasteiger partial charge is 0.220 e. The highest BCUT2D eigenvalue weighted by Gasteiger charge is 1.89. The Hall–Kier alpha value is 0.167. The van der Waals surface area contributed by atoms with Crippen LogP contribution in [0.5, 0.6) is 0 Å². The molecule has 0 rings (SSSR count). The van der Waals surface area contributed by atoms with E-state index >= 15 is 0 Å². The molecule has 4 heteroatoms. The van der Waals surface area contributed by atoms with E-state index in [1.54, 1.807) is 0 Å². The fourth-order valence-corrected chi connectivity index (χ4v) is 0. The zero-order valence-electron chi connectivity index (χ0n) is 3.73. The van der Waals surface area contributed by atoms with Crippen molar-refractivity contribution in [3.63, 3.8) is 0 Å². The average Bonchev–Trinajstić information content (AvgIpc) is 1.36. The van der Waals surface area contributed by atoms with Gasteiger partial charge in [-0.05, 0) is 0 Å². The van der Waals surface area contributed by atoms with Crippen LogP contribution < -0.4 is 0 Å². The second-order valence-corrected chi connectivity index (χ2v) is 4.26. The molecule has 0 N–H and O–H groups in total. The van der Waals surface area contributed by atoms with Gasteiger partial charge in [0.1, 0.15) is 10.4 Å². The van der Waals surface area contributed by atoms with Crippen molar-refractivity contribution in [2.24, 2.45) is 0 Å². The van der Waals surface area contributed by atoms with Crippen molar-refractivity contribution in [2.75, 3.05) is 0 Å². The number of carbonyl (C=O) groups is 1. The second-order valence-electron chi connectivity index (χ2n) is 0.996. The molecule has 0 saturated heterocycles. The lowest BCUT2D eigenvalue weighted by Gasteiger charge is -1.99. The number of nitrogens with zero attached hydrogens (tertiary/aromatic N) is 1. The van der Waals surface area contributed by atoms with Crippen LogP contribution in [0, 0.1) is 0 Å². The van der Waals surface area contributed by atoms with Crippen molar-refractivity contribution in [3.8, 4) is 0 Å². The first kappa shape index (κ1) is 6.17. The Morgan fingerprint density at radius 2 is 2.17 bits per heavy atom. The molecule has 0 bridgehead atoms. The van der Waals surface area contributed by atoms with Crippen LogP contribution in [0.15, 0.2) is 0 Å². The maximum absolute atomic E-state index is 10.1. The van der Waals surface area contributed by atoms with Crippen LogP contribution in [-0.4, -0.2) is 19.9 Å². The molecule has 0 aromatic carbocycles. The molecule has 0 atom stereocenters. The average molecular weight is 168 g/mol. The van der Waals surface area contributed by atoms with Crippen molar-refractivity contribution >= 4 is 32.5 Å². The highest BCUT2D eigenvalue weighted by atomic mass is 79.9. The van der Waals surface area contributed by atoms with Crippen molar-refractivity contribution in [3.05, 3.63) is 0 Å². The van der Waals surface area contributed by atoms with Crippen molar-refractivity contribution in [1.82, 2.24) is 3.59 Å². The number of hydrogen-bond acceptors (Lipinski definition) is 1. The van der Waals surface area contributed by atoms with Gasteiger partial charge in [0.2, 0.25) is 5.91 Å². The monoisotopic (exact) mass is 167 g/mol. The maximum Gasteiger partial charge on any atom is 0.220 e. The number of hydrogen-bond donors (Lipinski definition) is 0. The van der Waals surface area contributed by atoms with Gasteiger partial charge in [0.05, 0.1) is 0 Å². The Bertz CT molecular complexity index is 64.6. The van der Waals surface area contributed by atoms with Crippen LogP contribution in [0.4, 0.5) is 0 Å². The normalized spacial score (nSPS) is 8.33. The Labute approximate surface area is 48.4 Å². The summed E-state index contributed by atoms with van der Waals surface area (Å²) in [7, 11) is 0.754. The van der Waals surface area contributed by atoms with Crippen molar-refractivity contribution < 1.29 is 4.79 Å². The first-order valence-electron chi connectivity index (χ1n) is 1.54. The van der Waals surface area contributed by atoms with E-state index in [-0.39, 0.29) is 5.91 Å². The first-order chi connectivity index (χ1) is 2.64. The highest BCUT2D eigenvalue weighted by Crippen LogP contribution is 1.87. The first-order valence-corrected chi connectivity index (χ1v) is 3.15. The molecule has 0 heterocycles. The summed E-state index contributed by atoms with van der Waals surface area (Å²) in [5, 5.41) is 0. The molecule has 0 aromatic heterocycles. The number of carbonyl (C=O) groups excluding carboxylic acids is 1. The minimum absolute atomic E-state index is 0.0710. The van der Waals surface area contributed by atoms with E-state index in [2.05, 4.69) is 16.1 Å². The molecular weight excluding hydrogens is 162 g/mol. The summed E-state index contributed by atoms with van der Waals surface area (Å²) in [6.07, 6.45) is 0. The van der Waals surface area contributed by atoms with Crippen LogP contribution in [0.25, 0.3) is 0 Å². The van der Waals surface area contributed by atoms with Gasteiger partial charge < -0.3 is 3.59 Å². The van der Waals surface area contributed by atoms with Gasteiger partial charge in [-0.25, -0.2) is 0 Å². The molecule has 0 aromatic rings. The minimum atomic E-state index is 0.0710. The van der Waals surface area contributed by atoms with Gasteiger partial charge >= 0.3 is 0 Å². The molecule has 0 radical (unpaired) electrons. The standard InChI is InChI=1S/C2H6BrNOSi/c1-2(5)4(3)6/h1,6H3. The largest absolute Gasteiger partial charge is 0.318 e. The van der Waals surface area contributed by atoms with Gasteiger partial charge in [-0.15, -0.1) is 0 Å². The Kier molecular flexibility index (Phi) is 2.42. The van der Waals surface area contributed by atoms with E-state index in [1.807, 2.05) is 0 Å². The lowest BCUT2D eigenvalue weighted by molar-refractivity contribution is -0.120. The molecule has 0 saturated carbocycles. The summed E-state index contributed by atoms with van der Waals surface area (Å²) in [5.41, 5.74) is 0. The molecule has 0 unspecified atom stereocenters. The van der Waals surface area contributed by atoms with E-state index in [9.17, 15) is 4.79 Å². The van der Waals surface area contributed by atoms with E-state index in [4.69, 9.17) is 0 Å². The third-order valence-electron chi connectivity index (χ3n) is 0.434. The van der Waals surface area contributed by atoms with Gasteiger partial charge in [0, 0.05) is 23.1 Å². The zero-order chi connectivity index (χ0) is 5.15. The third-order valence-corrected chi connectivity index (χ3v) is 1.56. The van der Waals surface area contributed by atoms with E-state index in [0.29, 0.717) is 0 Å². The van der Waals surface area contributed by atoms with Gasteiger partial charge in [-0.3, -0.25) is 4.79 Å². The van der Waals surface area contributed by atoms with Crippen molar-refractivity contribution in [2.45, 2.75) is 6.92 Å². The molecular formula is C2H6BrNOSi. The molecule has 36 valence electrons. The van der Waals surface area contributed by atoms with Crippen LogP contribution in [0.3, 0.4) is 0 Å². The molecule has 0 fully saturated rings. The molecule has 0 spiro atoms. The highest BCUT2D eigenvalue weighted by molar-refractivity contribution is 9.08. The van der Waals surface area contributed by atoms with Crippen LogP contribution >= 0.6 is 16.1 Å².